The lowest BCUT2D eigenvalue weighted by molar-refractivity contribution is -0.122. The van der Waals surface area contributed by atoms with E-state index in [2.05, 4.69) is 27.8 Å². The Bertz CT molecular complexity index is 861. The number of aromatic nitrogens is 1. The maximum absolute atomic E-state index is 12.7. The number of rotatable bonds is 7. The second-order valence-corrected chi connectivity index (χ2v) is 8.79. The van der Waals surface area contributed by atoms with Crippen LogP contribution in [-0.2, 0) is 16.0 Å². The molecule has 0 amide bonds. The molecule has 2 saturated heterocycles. The van der Waals surface area contributed by atoms with Crippen LogP contribution in [0.3, 0.4) is 0 Å². The van der Waals surface area contributed by atoms with Gasteiger partial charge >= 0.3 is 0 Å². The lowest BCUT2D eigenvalue weighted by atomic mass is 9.92. The van der Waals surface area contributed by atoms with Crippen molar-refractivity contribution in [3.63, 3.8) is 0 Å². The van der Waals surface area contributed by atoms with Crippen molar-refractivity contribution in [1.82, 2.24) is 10.3 Å². The highest BCUT2D eigenvalue weighted by molar-refractivity contribution is 6.33. The summed E-state index contributed by atoms with van der Waals surface area (Å²) >= 11 is 6.47. The van der Waals surface area contributed by atoms with E-state index in [-0.39, 0.29) is 11.7 Å². The number of hydrogen-bond acceptors (Lipinski definition) is 5. The molecule has 1 unspecified atom stereocenters. The molecule has 0 aliphatic carbocycles. The quantitative estimate of drug-likeness (QED) is 0.687. The van der Waals surface area contributed by atoms with Gasteiger partial charge in [0, 0.05) is 55.2 Å². The minimum atomic E-state index is 0.0935. The lowest BCUT2D eigenvalue weighted by Gasteiger charge is -2.23. The number of ether oxygens (including phenoxy) is 1. The summed E-state index contributed by atoms with van der Waals surface area (Å²) in [6.45, 7) is 4.40. The normalized spacial score (nSPS) is 21.9. The van der Waals surface area contributed by atoms with E-state index in [1.165, 1.54) is 6.42 Å². The van der Waals surface area contributed by atoms with Crippen molar-refractivity contribution in [2.24, 2.45) is 11.8 Å². The first-order valence-electron chi connectivity index (χ1n) is 11.0. The van der Waals surface area contributed by atoms with Gasteiger partial charge in [0.15, 0.2) is 0 Å². The summed E-state index contributed by atoms with van der Waals surface area (Å²) < 4.78 is 5.57. The fourth-order valence-corrected chi connectivity index (χ4v) is 4.49. The minimum Gasteiger partial charge on any atom is -0.385 e. The zero-order valence-corrected chi connectivity index (χ0v) is 18.1. The van der Waals surface area contributed by atoms with Crippen molar-refractivity contribution in [2.75, 3.05) is 38.2 Å². The average molecular weight is 428 g/mol. The predicted molar refractivity (Wildman–Crippen MR) is 121 cm³/mol. The van der Waals surface area contributed by atoms with Crippen LogP contribution in [0.4, 0.5) is 5.69 Å². The fraction of sp³-hybridized carbons (Fsp3) is 0.500. The highest BCUT2D eigenvalue weighted by atomic mass is 35.5. The van der Waals surface area contributed by atoms with Crippen LogP contribution in [0, 0.1) is 11.8 Å². The predicted octanol–water partition coefficient (Wildman–Crippen LogP) is 4.35. The summed E-state index contributed by atoms with van der Waals surface area (Å²) in [6, 6.07) is 10.2. The summed E-state index contributed by atoms with van der Waals surface area (Å²) in [5, 5.41) is 7.45. The summed E-state index contributed by atoms with van der Waals surface area (Å²) in [6.07, 6.45) is 6.39. The Kier molecular flexibility index (Phi) is 7.37. The number of carbonyl (C=O) groups is 1. The van der Waals surface area contributed by atoms with E-state index >= 15 is 0 Å². The molecule has 0 bridgehead atoms. The number of halogens is 1. The molecular weight excluding hydrogens is 398 g/mol. The number of nitrogens with one attached hydrogen (secondary N) is 2. The van der Waals surface area contributed by atoms with Crippen molar-refractivity contribution in [2.45, 2.75) is 32.1 Å². The number of piperidine rings is 1. The molecule has 6 heteroatoms. The van der Waals surface area contributed by atoms with Gasteiger partial charge in [-0.15, -0.1) is 0 Å². The molecule has 2 atom stereocenters. The van der Waals surface area contributed by atoms with Crippen LogP contribution >= 0.6 is 11.6 Å². The van der Waals surface area contributed by atoms with Gasteiger partial charge in [0.25, 0.3) is 0 Å². The molecule has 5 nitrogen and oxygen atoms in total. The van der Waals surface area contributed by atoms with Gasteiger partial charge in [-0.2, -0.15) is 0 Å². The molecule has 0 saturated carbocycles. The van der Waals surface area contributed by atoms with E-state index in [0.717, 1.165) is 74.6 Å². The summed E-state index contributed by atoms with van der Waals surface area (Å²) in [5.74, 6) is 0.905. The Morgan fingerprint density at radius 2 is 2.20 bits per heavy atom. The van der Waals surface area contributed by atoms with Crippen LogP contribution < -0.4 is 10.6 Å². The molecular formula is C24H30ClN3O2. The molecule has 4 rings (SSSR count). The third-order valence-corrected chi connectivity index (χ3v) is 6.34. The van der Waals surface area contributed by atoms with E-state index < -0.39 is 0 Å². The van der Waals surface area contributed by atoms with Crippen LogP contribution in [0.2, 0.25) is 5.02 Å². The smallest absolute Gasteiger partial charge is 0.143 e. The monoisotopic (exact) mass is 427 g/mol. The van der Waals surface area contributed by atoms with Gasteiger partial charge in [-0.25, -0.2) is 0 Å². The Labute approximate surface area is 183 Å². The highest BCUT2D eigenvalue weighted by Gasteiger charge is 2.21. The molecule has 30 heavy (non-hydrogen) atoms. The Balaban J connectivity index is 1.45. The second kappa shape index (κ2) is 10.4. The first-order chi connectivity index (χ1) is 14.7. The molecule has 2 aliphatic heterocycles. The van der Waals surface area contributed by atoms with Crippen LogP contribution in [0.25, 0.3) is 11.1 Å². The van der Waals surface area contributed by atoms with Crippen molar-refractivity contribution in [1.29, 1.82) is 0 Å². The Morgan fingerprint density at radius 3 is 3.00 bits per heavy atom. The maximum Gasteiger partial charge on any atom is 0.143 e. The first-order valence-corrected chi connectivity index (χ1v) is 11.4. The van der Waals surface area contributed by atoms with Gasteiger partial charge in [0.1, 0.15) is 5.78 Å². The van der Waals surface area contributed by atoms with Crippen molar-refractivity contribution >= 4 is 23.1 Å². The number of benzene rings is 1. The third kappa shape index (κ3) is 5.60. The van der Waals surface area contributed by atoms with Crippen LogP contribution in [0.1, 0.15) is 31.4 Å². The maximum atomic E-state index is 12.7. The lowest BCUT2D eigenvalue weighted by Crippen LogP contribution is -2.35. The molecule has 160 valence electrons. The molecule has 2 aromatic rings. The summed E-state index contributed by atoms with van der Waals surface area (Å²) in [7, 11) is 0. The van der Waals surface area contributed by atoms with Crippen molar-refractivity contribution in [3.8, 4) is 11.1 Å². The zero-order valence-electron chi connectivity index (χ0n) is 17.3. The van der Waals surface area contributed by atoms with Gasteiger partial charge < -0.3 is 15.4 Å². The molecule has 1 aromatic heterocycles. The highest BCUT2D eigenvalue weighted by Crippen LogP contribution is 2.30. The van der Waals surface area contributed by atoms with E-state index in [0.29, 0.717) is 17.4 Å². The number of nitrogens with zero attached hydrogens (tertiary/aromatic N) is 1. The molecule has 3 heterocycles. The van der Waals surface area contributed by atoms with Gasteiger partial charge in [-0.05, 0) is 61.9 Å². The molecule has 2 N–H and O–H groups in total. The fourth-order valence-electron chi connectivity index (χ4n) is 4.28. The average Bonchev–Trinajstić information content (AvgIpc) is 2.80. The molecule has 0 spiro atoms. The third-order valence-electron chi connectivity index (χ3n) is 6.04. The first kappa shape index (κ1) is 21.3. The topological polar surface area (TPSA) is 63.2 Å². The largest absolute Gasteiger partial charge is 0.385 e. The van der Waals surface area contributed by atoms with Gasteiger partial charge in [-0.3, -0.25) is 9.78 Å². The minimum absolute atomic E-state index is 0.0935. The molecule has 1 aromatic carbocycles. The Hall–Kier alpha value is -1.95. The van der Waals surface area contributed by atoms with Crippen LogP contribution in [-0.4, -0.2) is 43.6 Å². The zero-order chi connectivity index (χ0) is 20.8. The van der Waals surface area contributed by atoms with Gasteiger partial charge in [0.05, 0.1) is 11.6 Å². The second-order valence-electron chi connectivity index (χ2n) is 8.39. The van der Waals surface area contributed by atoms with E-state index in [1.54, 1.807) is 6.20 Å². The number of carbonyl (C=O) groups excluding carboxylic acids is 1. The molecule has 0 radical (unpaired) electrons. The SMILES string of the molecule is O=C(Cc1cc(-c2cccc(NC[C@H]3CCCOC3)c2)c(Cl)cn1)C1CCCNC1. The van der Waals surface area contributed by atoms with Crippen LogP contribution in [0.5, 0.6) is 0 Å². The summed E-state index contributed by atoms with van der Waals surface area (Å²) in [5.41, 5.74) is 3.79. The number of ketones is 1. The van der Waals surface area contributed by atoms with Gasteiger partial charge in [-0.1, -0.05) is 23.7 Å². The van der Waals surface area contributed by atoms with E-state index in [9.17, 15) is 4.79 Å². The number of Topliss-reactive ketones (excluding diaryl/α,β-unsaturated/α-hetero) is 1. The molecule has 2 aliphatic rings. The summed E-state index contributed by atoms with van der Waals surface area (Å²) in [4.78, 5) is 17.1. The standard InChI is InChI=1S/C24H30ClN3O2/c25-23-15-28-21(12-24(29)19-6-2-8-26-14-19)11-22(23)18-5-1-7-20(10-18)27-13-17-4-3-9-30-16-17/h1,5,7,10-11,15,17,19,26-27H,2-4,6,8-9,12-14,16H2/t17-,19?/m1/s1. The number of pyridine rings is 1. The van der Waals surface area contributed by atoms with Crippen molar-refractivity contribution in [3.05, 3.63) is 47.2 Å². The Morgan fingerprint density at radius 1 is 1.27 bits per heavy atom. The number of anilines is 1. The van der Waals surface area contributed by atoms with Gasteiger partial charge in [0.2, 0.25) is 0 Å². The van der Waals surface area contributed by atoms with E-state index in [4.69, 9.17) is 16.3 Å². The van der Waals surface area contributed by atoms with Crippen molar-refractivity contribution < 1.29 is 9.53 Å². The van der Waals surface area contributed by atoms with Crippen LogP contribution in [0.15, 0.2) is 36.5 Å². The molecule has 2 fully saturated rings. The number of hydrogen-bond donors (Lipinski definition) is 2. The van der Waals surface area contributed by atoms with E-state index in [1.807, 2.05) is 18.2 Å².